The van der Waals surface area contributed by atoms with Crippen molar-refractivity contribution in [1.29, 1.82) is 0 Å². The number of aromatic nitrogens is 2. The molecule has 2 heterocycles. The van der Waals surface area contributed by atoms with Crippen LogP contribution in [0.4, 0.5) is 17.6 Å². The highest BCUT2D eigenvalue weighted by molar-refractivity contribution is 6.31. The number of carbonyl (C=O) groups is 2. The quantitative estimate of drug-likeness (QED) is 0.169. The lowest BCUT2D eigenvalue weighted by Gasteiger charge is -2.30. The number of nitrogens with one attached hydrogen (secondary N) is 1. The van der Waals surface area contributed by atoms with Crippen molar-refractivity contribution >= 4 is 34.3 Å². The molecular weight excluding hydrogens is 644 g/mol. The summed E-state index contributed by atoms with van der Waals surface area (Å²) >= 11 is 6.06. The third-order valence-electron chi connectivity index (χ3n) is 7.97. The van der Waals surface area contributed by atoms with E-state index in [9.17, 15) is 32.3 Å². The molecule has 0 saturated heterocycles. The topological polar surface area (TPSA) is 137 Å². The van der Waals surface area contributed by atoms with Gasteiger partial charge in [0.25, 0.3) is 5.91 Å². The van der Waals surface area contributed by atoms with Crippen LogP contribution in [-0.4, -0.2) is 47.2 Å². The van der Waals surface area contributed by atoms with Crippen molar-refractivity contribution < 1.29 is 41.7 Å². The van der Waals surface area contributed by atoms with E-state index in [1.54, 1.807) is 6.92 Å². The van der Waals surface area contributed by atoms with Gasteiger partial charge in [-0.25, -0.2) is 14.4 Å². The molecule has 47 heavy (non-hydrogen) atoms. The number of aliphatic hydroxyl groups is 1. The number of amides is 2. The van der Waals surface area contributed by atoms with Gasteiger partial charge in [-0.3, -0.25) is 9.59 Å². The van der Waals surface area contributed by atoms with E-state index < -0.39 is 35.0 Å². The largest absolute Gasteiger partial charge is 0.494 e. The smallest absolute Gasteiger partial charge is 0.418 e. The van der Waals surface area contributed by atoms with Crippen molar-refractivity contribution in [2.45, 2.75) is 44.9 Å². The van der Waals surface area contributed by atoms with Crippen molar-refractivity contribution in [3.8, 4) is 22.8 Å². The van der Waals surface area contributed by atoms with Gasteiger partial charge in [-0.1, -0.05) is 11.6 Å². The Labute approximate surface area is 272 Å². The summed E-state index contributed by atoms with van der Waals surface area (Å²) in [6.45, 7) is 2.80. The van der Waals surface area contributed by atoms with E-state index in [4.69, 9.17) is 31.8 Å². The van der Waals surface area contributed by atoms with Gasteiger partial charge in [-0.05, 0) is 75.1 Å². The Balaban J connectivity index is 1.55. The molecule has 9 nitrogen and oxygen atoms in total. The maximum Gasteiger partial charge on any atom is 0.418 e. The molecule has 1 fully saturated rings. The number of pyridine rings is 2. The van der Waals surface area contributed by atoms with E-state index >= 15 is 0 Å². The van der Waals surface area contributed by atoms with E-state index in [-0.39, 0.29) is 75.6 Å². The monoisotopic (exact) mass is 674 g/mol. The number of hydrogen-bond acceptors (Lipinski definition) is 7. The molecule has 2 amide bonds. The number of nitrogens with two attached hydrogens (primary N) is 1. The number of hydrogen-bond donors (Lipinski definition) is 3. The molecule has 0 aliphatic heterocycles. The highest BCUT2D eigenvalue weighted by atomic mass is 35.5. The van der Waals surface area contributed by atoms with Gasteiger partial charge in [0.15, 0.2) is 0 Å². The maximum atomic E-state index is 14.1. The summed E-state index contributed by atoms with van der Waals surface area (Å²) in [5.74, 6) is -2.10. The fourth-order valence-electron chi connectivity index (χ4n) is 5.51. The fraction of sp³-hybridized carbons (Fsp3) is 0.333. The van der Waals surface area contributed by atoms with E-state index in [1.807, 2.05) is 0 Å². The Kier molecular flexibility index (Phi) is 9.33. The first-order valence-corrected chi connectivity index (χ1v) is 15.0. The lowest BCUT2D eigenvalue weighted by atomic mass is 9.90. The second-order valence-corrected chi connectivity index (χ2v) is 11.7. The number of fused-ring (bicyclic) bond motifs is 1. The van der Waals surface area contributed by atoms with Gasteiger partial charge in [-0.2, -0.15) is 13.2 Å². The van der Waals surface area contributed by atoms with Crippen LogP contribution in [0, 0.1) is 18.7 Å². The third kappa shape index (κ3) is 6.96. The molecule has 0 radical (unpaired) electrons. The number of ether oxygens (including phenoxy) is 2. The number of halogens is 5. The highest BCUT2D eigenvalue weighted by Crippen LogP contribution is 2.47. The average Bonchev–Trinajstić information content (AvgIpc) is 3.87. The molecule has 248 valence electrons. The normalized spacial score (nSPS) is 14.5. The van der Waals surface area contributed by atoms with Crippen LogP contribution in [0.3, 0.4) is 0 Å². The van der Waals surface area contributed by atoms with Crippen LogP contribution < -0.4 is 20.5 Å². The Morgan fingerprint density at radius 1 is 1.13 bits per heavy atom. The Hall–Kier alpha value is -4.49. The number of rotatable bonds is 11. The number of benzene rings is 2. The summed E-state index contributed by atoms with van der Waals surface area (Å²) in [5.41, 5.74) is 3.66. The van der Waals surface area contributed by atoms with Crippen LogP contribution in [0.2, 0.25) is 5.02 Å². The van der Waals surface area contributed by atoms with Gasteiger partial charge >= 0.3 is 6.18 Å². The summed E-state index contributed by atoms with van der Waals surface area (Å²) in [7, 11) is 1.31. The van der Waals surface area contributed by atoms with Crippen molar-refractivity contribution in [3.63, 3.8) is 0 Å². The van der Waals surface area contributed by atoms with Crippen LogP contribution in [0.15, 0.2) is 42.5 Å². The highest BCUT2D eigenvalue weighted by Gasteiger charge is 2.47. The molecule has 1 aliphatic rings. The fourth-order valence-corrected chi connectivity index (χ4v) is 5.69. The first-order chi connectivity index (χ1) is 22.2. The van der Waals surface area contributed by atoms with Crippen LogP contribution in [-0.2, 0) is 23.0 Å². The standard InChI is InChI=1S/C33H31ClF4N4O5/c1-4-47-30-19(14-27(39)43)13-26(42-29(30)17-5-8-24(35)23(34)11-17)32(45,21-6-7-21)15-40-31(44)20-9-18-10-22(33(36,37)38)16(2)41-28(18)25(12-20)46-3/h5,8-13,21,45H,4,6-7,14-15H2,1-3H3,(H2,39,43)(H,40,44)/t32-/m1/s1. The Bertz CT molecular complexity index is 1880. The molecule has 0 bridgehead atoms. The maximum absolute atomic E-state index is 14.1. The lowest BCUT2D eigenvalue weighted by Crippen LogP contribution is -2.43. The SMILES string of the molecule is CCOc1c(CC(N)=O)cc([C@@](O)(CNC(=O)c2cc(OC)c3nc(C)c(C(F)(F)F)cc3c2)C2CC2)nc1-c1ccc(F)c(Cl)c1. The molecule has 4 N–H and O–H groups in total. The zero-order chi connectivity index (χ0) is 34.3. The second kappa shape index (κ2) is 13.0. The second-order valence-electron chi connectivity index (χ2n) is 11.3. The Morgan fingerprint density at radius 3 is 2.45 bits per heavy atom. The van der Waals surface area contributed by atoms with E-state index in [1.165, 1.54) is 44.4 Å². The molecule has 2 aromatic carbocycles. The number of methoxy groups -OCH3 is 1. The van der Waals surface area contributed by atoms with E-state index in [0.717, 1.165) is 12.1 Å². The summed E-state index contributed by atoms with van der Waals surface area (Å²) < 4.78 is 66.1. The van der Waals surface area contributed by atoms with Crippen LogP contribution in [0.25, 0.3) is 22.2 Å². The summed E-state index contributed by atoms with van der Waals surface area (Å²) in [6.07, 6.45) is -3.74. The number of aryl methyl sites for hydroxylation is 1. The molecular formula is C33H31ClF4N4O5. The minimum absolute atomic E-state index is 0.0259. The van der Waals surface area contributed by atoms with Crippen molar-refractivity contribution in [1.82, 2.24) is 15.3 Å². The minimum atomic E-state index is -4.66. The van der Waals surface area contributed by atoms with Crippen molar-refractivity contribution in [2.24, 2.45) is 11.7 Å². The zero-order valence-corrected chi connectivity index (χ0v) is 26.4. The Morgan fingerprint density at radius 2 is 1.85 bits per heavy atom. The number of alkyl halides is 3. The summed E-state index contributed by atoms with van der Waals surface area (Å²) in [4.78, 5) is 34.3. The predicted molar refractivity (Wildman–Crippen MR) is 166 cm³/mol. The van der Waals surface area contributed by atoms with Crippen molar-refractivity contribution in [3.05, 3.63) is 81.4 Å². The molecule has 2 aromatic heterocycles. The molecule has 4 aromatic rings. The molecule has 1 saturated carbocycles. The average molecular weight is 675 g/mol. The molecule has 0 spiro atoms. The summed E-state index contributed by atoms with van der Waals surface area (Å²) in [5, 5.41) is 14.7. The van der Waals surface area contributed by atoms with Gasteiger partial charge < -0.3 is 25.6 Å². The van der Waals surface area contributed by atoms with Gasteiger partial charge in [-0.15, -0.1) is 0 Å². The third-order valence-corrected chi connectivity index (χ3v) is 8.26. The van der Waals surface area contributed by atoms with E-state index in [2.05, 4.69) is 10.3 Å². The molecule has 5 rings (SSSR count). The minimum Gasteiger partial charge on any atom is -0.494 e. The number of primary amides is 1. The first-order valence-electron chi connectivity index (χ1n) is 14.6. The lowest BCUT2D eigenvalue weighted by molar-refractivity contribution is -0.138. The van der Waals surface area contributed by atoms with Gasteiger partial charge in [0.05, 0.1) is 48.7 Å². The van der Waals surface area contributed by atoms with Crippen molar-refractivity contribution in [2.75, 3.05) is 20.3 Å². The van der Waals surface area contributed by atoms with Crippen LogP contribution in [0.1, 0.15) is 52.6 Å². The van der Waals surface area contributed by atoms with Gasteiger partial charge in [0.2, 0.25) is 5.91 Å². The van der Waals surface area contributed by atoms with Crippen LogP contribution in [0.5, 0.6) is 11.5 Å². The molecule has 1 aliphatic carbocycles. The molecule has 0 unspecified atom stereocenters. The number of nitrogens with zero attached hydrogens (tertiary/aromatic N) is 2. The number of carbonyl (C=O) groups excluding carboxylic acids is 2. The van der Waals surface area contributed by atoms with Gasteiger partial charge in [0.1, 0.15) is 34.1 Å². The van der Waals surface area contributed by atoms with E-state index in [0.29, 0.717) is 24.0 Å². The molecule has 1 atom stereocenters. The van der Waals surface area contributed by atoms with Gasteiger partial charge in [0, 0.05) is 22.1 Å². The van der Waals surface area contributed by atoms with Crippen LogP contribution >= 0.6 is 11.6 Å². The molecule has 14 heteroatoms. The zero-order valence-electron chi connectivity index (χ0n) is 25.6. The predicted octanol–water partition coefficient (Wildman–Crippen LogP) is 5.88. The first kappa shape index (κ1) is 33.9. The summed E-state index contributed by atoms with van der Waals surface area (Å²) in [6, 6.07) is 8.92.